The van der Waals surface area contributed by atoms with Crippen LogP contribution in [0.5, 0.6) is 0 Å². The van der Waals surface area contributed by atoms with Crippen LogP contribution in [0.2, 0.25) is 0 Å². The van der Waals surface area contributed by atoms with Gasteiger partial charge in [-0.3, -0.25) is 4.90 Å². The average Bonchev–Trinajstić information content (AvgIpc) is 2.79. The predicted molar refractivity (Wildman–Crippen MR) is 92.8 cm³/mol. The summed E-state index contributed by atoms with van der Waals surface area (Å²) in [5.74, 6) is 0. The first-order chi connectivity index (χ1) is 10.1. The van der Waals surface area contributed by atoms with Crippen LogP contribution in [0.3, 0.4) is 0 Å². The second kappa shape index (κ2) is 8.53. The van der Waals surface area contributed by atoms with Gasteiger partial charge in [-0.05, 0) is 38.3 Å². The van der Waals surface area contributed by atoms with Crippen LogP contribution in [0.4, 0.5) is 0 Å². The minimum absolute atomic E-state index is 0.530. The second-order valence-electron chi connectivity index (χ2n) is 8.25. The SMILES string of the molecule is CNC1CCCCCCCCCCC1N1CCC(C)(C)C1. The first-order valence-corrected chi connectivity index (χ1v) is 9.54. The van der Waals surface area contributed by atoms with Crippen molar-refractivity contribution < 1.29 is 0 Å². The van der Waals surface area contributed by atoms with Gasteiger partial charge in [-0.15, -0.1) is 0 Å². The van der Waals surface area contributed by atoms with Crippen LogP contribution in [-0.2, 0) is 0 Å². The van der Waals surface area contributed by atoms with E-state index in [0.717, 1.165) is 6.04 Å². The molecule has 1 aliphatic heterocycles. The lowest BCUT2D eigenvalue weighted by molar-refractivity contribution is 0.157. The van der Waals surface area contributed by atoms with Crippen molar-refractivity contribution in [2.45, 2.75) is 96.6 Å². The lowest BCUT2D eigenvalue weighted by Gasteiger charge is -2.36. The van der Waals surface area contributed by atoms with E-state index in [1.807, 2.05) is 0 Å². The normalized spacial score (nSPS) is 33.3. The standard InChI is InChI=1S/C19H38N2/c1-19(2)14-15-21(16-19)18-13-11-9-7-5-4-6-8-10-12-17(18)20-3/h17-18,20H,4-16H2,1-3H3. The van der Waals surface area contributed by atoms with Crippen molar-refractivity contribution in [1.29, 1.82) is 0 Å². The molecule has 1 aliphatic carbocycles. The van der Waals surface area contributed by atoms with E-state index in [0.29, 0.717) is 11.5 Å². The zero-order valence-corrected chi connectivity index (χ0v) is 14.8. The van der Waals surface area contributed by atoms with Gasteiger partial charge in [0.25, 0.3) is 0 Å². The summed E-state index contributed by atoms with van der Waals surface area (Å²) < 4.78 is 0. The van der Waals surface area contributed by atoms with E-state index in [-0.39, 0.29) is 0 Å². The zero-order chi connectivity index (χ0) is 15.1. The van der Waals surface area contributed by atoms with Crippen molar-refractivity contribution in [3.8, 4) is 0 Å². The van der Waals surface area contributed by atoms with E-state index in [4.69, 9.17) is 0 Å². The van der Waals surface area contributed by atoms with E-state index in [1.165, 1.54) is 83.7 Å². The van der Waals surface area contributed by atoms with Gasteiger partial charge < -0.3 is 5.32 Å². The Balaban J connectivity index is 1.97. The van der Waals surface area contributed by atoms with E-state index in [2.05, 4.69) is 31.1 Å². The van der Waals surface area contributed by atoms with E-state index < -0.39 is 0 Å². The lowest BCUT2D eigenvalue weighted by atomic mass is 9.91. The molecule has 0 spiro atoms. The van der Waals surface area contributed by atoms with Gasteiger partial charge in [0, 0.05) is 18.6 Å². The van der Waals surface area contributed by atoms with E-state index >= 15 is 0 Å². The molecule has 2 heteroatoms. The van der Waals surface area contributed by atoms with Crippen molar-refractivity contribution >= 4 is 0 Å². The maximum absolute atomic E-state index is 3.67. The van der Waals surface area contributed by atoms with Crippen LogP contribution >= 0.6 is 0 Å². The third-order valence-corrected chi connectivity index (χ3v) is 5.78. The molecule has 1 heterocycles. The Labute approximate surface area is 133 Å². The molecule has 1 saturated carbocycles. The number of nitrogens with zero attached hydrogens (tertiary/aromatic N) is 1. The Morgan fingerprint density at radius 1 is 0.857 bits per heavy atom. The van der Waals surface area contributed by atoms with Crippen molar-refractivity contribution in [3.05, 3.63) is 0 Å². The van der Waals surface area contributed by atoms with Gasteiger partial charge in [-0.1, -0.05) is 65.2 Å². The molecule has 2 unspecified atom stereocenters. The van der Waals surface area contributed by atoms with Gasteiger partial charge in [-0.25, -0.2) is 0 Å². The van der Waals surface area contributed by atoms with Gasteiger partial charge in [-0.2, -0.15) is 0 Å². The predicted octanol–water partition coefficient (Wildman–Crippen LogP) is 4.59. The molecule has 21 heavy (non-hydrogen) atoms. The Morgan fingerprint density at radius 2 is 1.43 bits per heavy atom. The monoisotopic (exact) mass is 294 g/mol. The first kappa shape index (κ1) is 17.3. The van der Waals surface area contributed by atoms with Crippen molar-refractivity contribution in [2.24, 2.45) is 5.41 Å². The van der Waals surface area contributed by atoms with Gasteiger partial charge >= 0.3 is 0 Å². The quantitative estimate of drug-likeness (QED) is 0.801. The van der Waals surface area contributed by atoms with Crippen LogP contribution < -0.4 is 5.32 Å². The van der Waals surface area contributed by atoms with Crippen LogP contribution in [0.1, 0.15) is 84.5 Å². The van der Waals surface area contributed by atoms with Gasteiger partial charge in [0.2, 0.25) is 0 Å². The summed E-state index contributed by atoms with van der Waals surface area (Å²) in [7, 11) is 2.19. The highest BCUT2D eigenvalue weighted by Gasteiger charge is 2.35. The number of hydrogen-bond donors (Lipinski definition) is 1. The molecule has 0 aromatic heterocycles. The van der Waals surface area contributed by atoms with Crippen molar-refractivity contribution in [2.75, 3.05) is 20.1 Å². The molecule has 1 saturated heterocycles. The highest BCUT2D eigenvalue weighted by Crippen LogP contribution is 2.33. The summed E-state index contributed by atoms with van der Waals surface area (Å²) in [5, 5.41) is 3.67. The Morgan fingerprint density at radius 3 is 1.95 bits per heavy atom. The number of likely N-dealkylation sites (tertiary alicyclic amines) is 1. The minimum atomic E-state index is 0.530. The molecule has 0 radical (unpaired) electrons. The fourth-order valence-corrected chi connectivity index (χ4v) is 4.38. The molecular weight excluding hydrogens is 256 g/mol. The molecule has 2 fully saturated rings. The molecule has 2 atom stereocenters. The Kier molecular flexibility index (Phi) is 7.01. The largest absolute Gasteiger partial charge is 0.315 e. The molecule has 0 bridgehead atoms. The fourth-order valence-electron chi connectivity index (χ4n) is 4.38. The fraction of sp³-hybridized carbons (Fsp3) is 1.00. The summed E-state index contributed by atoms with van der Waals surface area (Å²) in [6.07, 6.45) is 15.7. The van der Waals surface area contributed by atoms with E-state index in [9.17, 15) is 0 Å². The molecule has 124 valence electrons. The van der Waals surface area contributed by atoms with E-state index in [1.54, 1.807) is 0 Å². The number of likely N-dealkylation sites (N-methyl/N-ethyl adjacent to an activating group) is 1. The van der Waals surface area contributed by atoms with Crippen molar-refractivity contribution in [3.63, 3.8) is 0 Å². The smallest absolute Gasteiger partial charge is 0.0249 e. The number of nitrogens with one attached hydrogen (secondary N) is 1. The summed E-state index contributed by atoms with van der Waals surface area (Å²) in [5.41, 5.74) is 0.530. The third kappa shape index (κ3) is 5.56. The summed E-state index contributed by atoms with van der Waals surface area (Å²) in [6.45, 7) is 7.50. The van der Waals surface area contributed by atoms with Gasteiger partial charge in [0.15, 0.2) is 0 Å². The lowest BCUT2D eigenvalue weighted by Crippen LogP contribution is -2.48. The molecule has 1 N–H and O–H groups in total. The molecule has 2 aliphatic rings. The molecule has 2 nitrogen and oxygen atoms in total. The molecule has 0 aromatic carbocycles. The molecule has 0 aromatic rings. The van der Waals surface area contributed by atoms with Crippen LogP contribution in [0.15, 0.2) is 0 Å². The molecular formula is C19H38N2. The molecule has 0 amide bonds. The first-order valence-electron chi connectivity index (χ1n) is 9.54. The molecule has 2 rings (SSSR count). The second-order valence-corrected chi connectivity index (χ2v) is 8.25. The zero-order valence-electron chi connectivity index (χ0n) is 14.8. The maximum atomic E-state index is 3.67. The Hall–Kier alpha value is -0.0800. The van der Waals surface area contributed by atoms with Gasteiger partial charge in [0.05, 0.1) is 0 Å². The third-order valence-electron chi connectivity index (χ3n) is 5.78. The number of hydrogen-bond acceptors (Lipinski definition) is 2. The highest BCUT2D eigenvalue weighted by atomic mass is 15.2. The summed E-state index contributed by atoms with van der Waals surface area (Å²) in [4.78, 5) is 2.81. The van der Waals surface area contributed by atoms with Crippen LogP contribution in [0.25, 0.3) is 0 Å². The van der Waals surface area contributed by atoms with Crippen LogP contribution in [-0.4, -0.2) is 37.1 Å². The topological polar surface area (TPSA) is 15.3 Å². The summed E-state index contributed by atoms with van der Waals surface area (Å²) in [6, 6.07) is 1.48. The minimum Gasteiger partial charge on any atom is -0.315 e. The van der Waals surface area contributed by atoms with Gasteiger partial charge in [0.1, 0.15) is 0 Å². The Bertz CT molecular complexity index is 287. The van der Waals surface area contributed by atoms with Crippen LogP contribution in [0, 0.1) is 5.41 Å². The average molecular weight is 295 g/mol. The highest BCUT2D eigenvalue weighted by molar-refractivity contribution is 4.91. The van der Waals surface area contributed by atoms with Crippen molar-refractivity contribution in [1.82, 2.24) is 10.2 Å². The summed E-state index contributed by atoms with van der Waals surface area (Å²) >= 11 is 0. The number of rotatable bonds is 2. The maximum Gasteiger partial charge on any atom is 0.0249 e.